The molecule has 5 rings (SSSR count). The Hall–Kier alpha value is -2.70. The molecule has 0 aliphatic heterocycles. The molecule has 182 valence electrons. The molecule has 4 nitrogen and oxygen atoms in total. The predicted octanol–water partition coefficient (Wildman–Crippen LogP) is 8.83. The summed E-state index contributed by atoms with van der Waals surface area (Å²) in [4.78, 5) is 0. The predicted molar refractivity (Wildman–Crippen MR) is 150 cm³/mol. The maximum atomic E-state index is 6.41. The molecule has 1 atom stereocenters. The zero-order chi connectivity index (χ0) is 25.2. The topological polar surface area (TPSA) is 39.9 Å². The number of halogens is 3. The van der Waals surface area contributed by atoms with Crippen LogP contribution in [-0.2, 0) is 5.75 Å². The first kappa shape index (κ1) is 25.0. The van der Waals surface area contributed by atoms with Crippen LogP contribution in [-0.4, -0.2) is 21.9 Å². The van der Waals surface area contributed by atoms with E-state index in [1.54, 1.807) is 18.9 Å². The number of nitrogens with zero attached hydrogens (tertiary/aromatic N) is 3. The first-order chi connectivity index (χ1) is 17.4. The van der Waals surface area contributed by atoms with Crippen LogP contribution >= 0.6 is 46.6 Å². The van der Waals surface area contributed by atoms with Crippen LogP contribution in [0.5, 0.6) is 5.75 Å². The van der Waals surface area contributed by atoms with Crippen LogP contribution in [0.1, 0.15) is 29.8 Å². The lowest BCUT2D eigenvalue weighted by molar-refractivity contribution is 0.415. The molecule has 0 bridgehead atoms. The standard InChI is InChI=1S/C28H22Cl3N3OS/c1-17(18-6-7-20-15-23(35-2)13-8-19(20)14-18)27-32-33-28(34(27)22-11-9-21(29)10-12-22)36-16-24-25(30)4-3-5-26(24)31/h3-15,17H,16H2,1-2H3/t17-/m0/s1. The summed E-state index contributed by atoms with van der Waals surface area (Å²) >= 11 is 20.5. The van der Waals surface area contributed by atoms with Crippen LogP contribution in [0, 0.1) is 0 Å². The van der Waals surface area contributed by atoms with E-state index in [9.17, 15) is 0 Å². The Morgan fingerprint density at radius 2 is 1.56 bits per heavy atom. The van der Waals surface area contributed by atoms with Crippen LogP contribution in [0.25, 0.3) is 16.5 Å². The lowest BCUT2D eigenvalue weighted by Crippen LogP contribution is -2.08. The van der Waals surface area contributed by atoms with Crippen molar-refractivity contribution in [3.8, 4) is 11.4 Å². The molecule has 1 aromatic heterocycles. The van der Waals surface area contributed by atoms with Crippen molar-refractivity contribution >= 4 is 57.3 Å². The zero-order valence-corrected chi connectivity index (χ0v) is 22.7. The Morgan fingerprint density at radius 3 is 2.28 bits per heavy atom. The van der Waals surface area contributed by atoms with Gasteiger partial charge in [0.1, 0.15) is 11.6 Å². The van der Waals surface area contributed by atoms with E-state index in [-0.39, 0.29) is 5.92 Å². The SMILES string of the molecule is COc1ccc2cc([C@H](C)c3nnc(SCc4c(Cl)cccc4Cl)n3-c3ccc(Cl)cc3)ccc2c1. The van der Waals surface area contributed by atoms with Crippen molar-refractivity contribution in [3.05, 3.63) is 111 Å². The van der Waals surface area contributed by atoms with Crippen molar-refractivity contribution in [2.75, 3.05) is 7.11 Å². The van der Waals surface area contributed by atoms with Gasteiger partial charge in [0, 0.05) is 32.4 Å². The number of thioether (sulfide) groups is 1. The number of hydrogen-bond acceptors (Lipinski definition) is 4. The molecule has 0 spiro atoms. The minimum absolute atomic E-state index is 0.0158. The van der Waals surface area contributed by atoms with Crippen molar-refractivity contribution in [2.24, 2.45) is 0 Å². The lowest BCUT2D eigenvalue weighted by Gasteiger charge is -2.16. The average molecular weight is 555 g/mol. The molecule has 4 aromatic carbocycles. The molecule has 0 unspecified atom stereocenters. The second-order valence-corrected chi connectivity index (χ2v) is 10.5. The first-order valence-electron chi connectivity index (χ1n) is 11.3. The van der Waals surface area contributed by atoms with Crippen molar-refractivity contribution in [1.29, 1.82) is 0 Å². The Kier molecular flexibility index (Phi) is 7.44. The van der Waals surface area contributed by atoms with Crippen LogP contribution in [0.15, 0.2) is 84.0 Å². The maximum absolute atomic E-state index is 6.41. The Balaban J connectivity index is 1.53. The van der Waals surface area contributed by atoms with Gasteiger partial charge in [0.05, 0.1) is 7.11 Å². The van der Waals surface area contributed by atoms with E-state index in [1.165, 1.54) is 0 Å². The van der Waals surface area contributed by atoms with Gasteiger partial charge >= 0.3 is 0 Å². The molecule has 0 fully saturated rings. The third-order valence-electron chi connectivity index (χ3n) is 6.11. The smallest absolute Gasteiger partial charge is 0.196 e. The number of fused-ring (bicyclic) bond motifs is 1. The number of ether oxygens (including phenoxy) is 1. The second-order valence-electron chi connectivity index (χ2n) is 8.34. The fourth-order valence-corrected chi connectivity index (χ4v) is 5.91. The van der Waals surface area contributed by atoms with Gasteiger partial charge in [-0.2, -0.15) is 0 Å². The van der Waals surface area contributed by atoms with Gasteiger partial charge in [0.15, 0.2) is 5.16 Å². The van der Waals surface area contributed by atoms with Gasteiger partial charge in [-0.05, 0) is 70.4 Å². The normalized spacial score (nSPS) is 12.1. The van der Waals surface area contributed by atoms with Gasteiger partial charge < -0.3 is 4.74 Å². The molecule has 0 N–H and O–H groups in total. The van der Waals surface area contributed by atoms with E-state index in [1.807, 2.05) is 54.6 Å². The summed E-state index contributed by atoms with van der Waals surface area (Å²) in [6.45, 7) is 2.14. The fraction of sp³-hybridized carbons (Fsp3) is 0.143. The summed E-state index contributed by atoms with van der Waals surface area (Å²) in [5.74, 6) is 2.22. The van der Waals surface area contributed by atoms with E-state index < -0.39 is 0 Å². The Bertz CT molecular complexity index is 1520. The van der Waals surface area contributed by atoms with Crippen LogP contribution in [0.4, 0.5) is 0 Å². The van der Waals surface area contributed by atoms with Crippen LogP contribution in [0.2, 0.25) is 15.1 Å². The summed E-state index contributed by atoms with van der Waals surface area (Å²) in [6, 6.07) is 25.7. The van der Waals surface area contributed by atoms with Gasteiger partial charge in [-0.1, -0.05) is 83.8 Å². The quantitative estimate of drug-likeness (QED) is 0.188. The number of hydrogen-bond donors (Lipinski definition) is 0. The van der Waals surface area contributed by atoms with Crippen LogP contribution < -0.4 is 4.74 Å². The fourth-order valence-electron chi connectivity index (χ4n) is 4.08. The van der Waals surface area contributed by atoms with Gasteiger partial charge in [0.25, 0.3) is 0 Å². The van der Waals surface area contributed by atoms with Crippen molar-refractivity contribution < 1.29 is 4.74 Å². The molecule has 1 heterocycles. The van der Waals surface area contributed by atoms with E-state index in [2.05, 4.69) is 46.0 Å². The van der Waals surface area contributed by atoms with Gasteiger partial charge in [-0.15, -0.1) is 10.2 Å². The van der Waals surface area contributed by atoms with E-state index in [4.69, 9.17) is 39.5 Å². The molecule has 0 aliphatic rings. The van der Waals surface area contributed by atoms with Crippen molar-refractivity contribution in [3.63, 3.8) is 0 Å². The lowest BCUT2D eigenvalue weighted by atomic mass is 9.97. The molecule has 0 aliphatic carbocycles. The molecule has 0 amide bonds. The Labute approximate surface area is 229 Å². The summed E-state index contributed by atoms with van der Waals surface area (Å²) < 4.78 is 7.44. The summed E-state index contributed by atoms with van der Waals surface area (Å²) in [7, 11) is 1.68. The van der Waals surface area contributed by atoms with Crippen molar-refractivity contribution in [1.82, 2.24) is 14.8 Å². The second kappa shape index (κ2) is 10.7. The van der Waals surface area contributed by atoms with E-state index in [0.29, 0.717) is 20.8 Å². The van der Waals surface area contributed by atoms with Gasteiger partial charge in [0.2, 0.25) is 0 Å². The maximum Gasteiger partial charge on any atom is 0.196 e. The minimum Gasteiger partial charge on any atom is -0.497 e. The van der Waals surface area contributed by atoms with Crippen molar-refractivity contribution in [2.45, 2.75) is 23.8 Å². The van der Waals surface area contributed by atoms with E-state index >= 15 is 0 Å². The highest BCUT2D eigenvalue weighted by molar-refractivity contribution is 7.98. The number of benzene rings is 4. The minimum atomic E-state index is -0.0158. The van der Waals surface area contributed by atoms with E-state index in [0.717, 1.165) is 44.3 Å². The third-order valence-corrected chi connectivity index (χ3v) is 8.02. The van der Waals surface area contributed by atoms with Crippen LogP contribution in [0.3, 0.4) is 0 Å². The average Bonchev–Trinajstić information content (AvgIpc) is 3.31. The highest BCUT2D eigenvalue weighted by atomic mass is 35.5. The molecule has 36 heavy (non-hydrogen) atoms. The van der Waals surface area contributed by atoms with Gasteiger partial charge in [-0.25, -0.2) is 0 Å². The summed E-state index contributed by atoms with van der Waals surface area (Å²) in [5.41, 5.74) is 2.95. The largest absolute Gasteiger partial charge is 0.497 e. The van der Waals surface area contributed by atoms with Gasteiger partial charge in [-0.3, -0.25) is 4.57 Å². The molecular weight excluding hydrogens is 533 g/mol. The number of aromatic nitrogens is 3. The first-order valence-corrected chi connectivity index (χ1v) is 13.4. The summed E-state index contributed by atoms with van der Waals surface area (Å²) in [5, 5.41) is 14.1. The molecule has 0 radical (unpaired) electrons. The monoisotopic (exact) mass is 553 g/mol. The highest BCUT2D eigenvalue weighted by Gasteiger charge is 2.22. The zero-order valence-electron chi connectivity index (χ0n) is 19.6. The third kappa shape index (κ3) is 5.07. The number of rotatable bonds is 7. The number of methoxy groups -OCH3 is 1. The molecular formula is C28H22Cl3N3OS. The summed E-state index contributed by atoms with van der Waals surface area (Å²) in [6.07, 6.45) is 0. The highest BCUT2D eigenvalue weighted by Crippen LogP contribution is 2.35. The molecule has 0 saturated carbocycles. The molecule has 8 heteroatoms. The Morgan fingerprint density at radius 1 is 0.861 bits per heavy atom. The molecule has 5 aromatic rings. The molecule has 0 saturated heterocycles.